The summed E-state index contributed by atoms with van der Waals surface area (Å²) in [7, 11) is 0. The Labute approximate surface area is 123 Å². The van der Waals surface area contributed by atoms with Gasteiger partial charge in [0.15, 0.2) is 0 Å². The molecule has 2 saturated heterocycles. The molecule has 112 valence electrons. The summed E-state index contributed by atoms with van der Waals surface area (Å²) in [5.74, 6) is 0.706. The van der Waals surface area contributed by atoms with Crippen molar-refractivity contribution in [2.45, 2.75) is 51.1 Å². The van der Waals surface area contributed by atoms with Gasteiger partial charge in [0.05, 0.1) is 12.7 Å². The number of rotatable bonds is 4. The lowest BCUT2D eigenvalue weighted by atomic mass is 9.94. The molecule has 2 aliphatic rings. The Bertz CT molecular complexity index is 265. The van der Waals surface area contributed by atoms with E-state index >= 15 is 0 Å². The van der Waals surface area contributed by atoms with Crippen LogP contribution < -0.4 is 0 Å². The Balaban J connectivity index is 1.73. The van der Waals surface area contributed by atoms with Crippen molar-refractivity contribution in [2.75, 3.05) is 39.3 Å². The largest absolute Gasteiger partial charge is 0.374 e. The third kappa shape index (κ3) is 4.59. The number of ether oxygens (including phenoxy) is 1. The van der Waals surface area contributed by atoms with Gasteiger partial charge in [0.25, 0.3) is 0 Å². The molecular formula is C15H29ClN2O. The average Bonchev–Trinajstić information content (AvgIpc) is 2.39. The molecule has 0 amide bonds. The van der Waals surface area contributed by atoms with Crippen LogP contribution in [0.25, 0.3) is 0 Å². The van der Waals surface area contributed by atoms with Crippen LogP contribution in [0.1, 0.15) is 33.6 Å². The van der Waals surface area contributed by atoms with E-state index in [-0.39, 0.29) is 0 Å². The maximum atomic E-state index is 6.20. The van der Waals surface area contributed by atoms with Crippen molar-refractivity contribution < 1.29 is 4.74 Å². The normalized spacial score (nSPS) is 29.8. The van der Waals surface area contributed by atoms with Gasteiger partial charge in [0.2, 0.25) is 0 Å². The van der Waals surface area contributed by atoms with E-state index in [4.69, 9.17) is 16.3 Å². The summed E-state index contributed by atoms with van der Waals surface area (Å²) in [6.07, 6.45) is 2.87. The first kappa shape index (κ1) is 15.6. The van der Waals surface area contributed by atoms with Crippen LogP contribution in [0.2, 0.25) is 0 Å². The molecule has 2 fully saturated rings. The van der Waals surface area contributed by atoms with Crippen molar-refractivity contribution >= 4 is 11.6 Å². The molecule has 2 atom stereocenters. The Kier molecular flexibility index (Phi) is 5.94. The van der Waals surface area contributed by atoms with Gasteiger partial charge in [-0.25, -0.2) is 0 Å². The van der Waals surface area contributed by atoms with Crippen molar-refractivity contribution in [3.63, 3.8) is 0 Å². The van der Waals surface area contributed by atoms with Crippen LogP contribution in [0, 0.1) is 5.92 Å². The fourth-order valence-corrected chi connectivity index (χ4v) is 3.46. The number of piperidine rings is 1. The molecule has 4 heteroatoms. The van der Waals surface area contributed by atoms with E-state index < -0.39 is 0 Å². The molecule has 0 N–H and O–H groups in total. The highest BCUT2D eigenvalue weighted by Crippen LogP contribution is 2.24. The van der Waals surface area contributed by atoms with E-state index in [0.717, 1.165) is 26.2 Å². The van der Waals surface area contributed by atoms with Crippen LogP contribution in [0.5, 0.6) is 0 Å². The van der Waals surface area contributed by atoms with Crippen LogP contribution in [0.3, 0.4) is 0 Å². The van der Waals surface area contributed by atoms with E-state index in [1.54, 1.807) is 0 Å². The zero-order valence-corrected chi connectivity index (χ0v) is 13.4. The molecule has 2 aliphatic heterocycles. The second kappa shape index (κ2) is 7.26. The number of hydrogen-bond acceptors (Lipinski definition) is 3. The van der Waals surface area contributed by atoms with Gasteiger partial charge in [-0.15, -0.1) is 11.6 Å². The highest BCUT2D eigenvalue weighted by molar-refractivity contribution is 6.20. The Hall–Kier alpha value is 0.170. The minimum Gasteiger partial charge on any atom is -0.374 e. The van der Waals surface area contributed by atoms with Gasteiger partial charge < -0.3 is 9.64 Å². The highest BCUT2D eigenvalue weighted by atomic mass is 35.5. The molecule has 0 saturated carbocycles. The second-order valence-electron chi connectivity index (χ2n) is 6.40. The molecule has 0 aliphatic carbocycles. The summed E-state index contributed by atoms with van der Waals surface area (Å²) in [4.78, 5) is 5.09. The summed E-state index contributed by atoms with van der Waals surface area (Å²) in [6, 6.07) is 0.634. The van der Waals surface area contributed by atoms with Gasteiger partial charge in [0, 0.05) is 31.1 Å². The van der Waals surface area contributed by atoms with Crippen molar-refractivity contribution in [1.82, 2.24) is 9.80 Å². The number of alkyl halides is 1. The lowest BCUT2D eigenvalue weighted by Gasteiger charge is -2.39. The maximum absolute atomic E-state index is 6.20. The average molecular weight is 289 g/mol. The first-order valence-corrected chi connectivity index (χ1v) is 8.22. The molecule has 19 heavy (non-hydrogen) atoms. The van der Waals surface area contributed by atoms with Gasteiger partial charge in [-0.3, -0.25) is 4.90 Å². The summed E-state index contributed by atoms with van der Waals surface area (Å²) in [5, 5.41) is 0.324. The number of nitrogens with zero attached hydrogens (tertiary/aromatic N) is 2. The fourth-order valence-electron chi connectivity index (χ4n) is 3.20. The Morgan fingerprint density at radius 2 is 1.84 bits per heavy atom. The molecule has 2 rings (SSSR count). The monoisotopic (exact) mass is 288 g/mol. The van der Waals surface area contributed by atoms with Gasteiger partial charge >= 0.3 is 0 Å². The van der Waals surface area contributed by atoms with Crippen LogP contribution >= 0.6 is 11.6 Å². The predicted molar refractivity (Wildman–Crippen MR) is 80.9 cm³/mol. The second-order valence-corrected chi connectivity index (χ2v) is 7.09. The minimum absolute atomic E-state index is 0.324. The number of likely N-dealkylation sites (tertiary alicyclic amines) is 1. The Morgan fingerprint density at radius 3 is 2.42 bits per heavy atom. The smallest absolute Gasteiger partial charge is 0.0829 e. The van der Waals surface area contributed by atoms with Gasteiger partial charge in [0.1, 0.15) is 0 Å². The van der Waals surface area contributed by atoms with Gasteiger partial charge in [-0.1, -0.05) is 0 Å². The molecule has 2 unspecified atom stereocenters. The van der Waals surface area contributed by atoms with Crippen LogP contribution in [-0.4, -0.2) is 66.7 Å². The quantitative estimate of drug-likeness (QED) is 0.739. The molecule has 0 radical (unpaired) electrons. The standard InChI is InChI=1S/C15H29ClN2O/c1-12(2)18-8-9-19-15(11-18)10-17-6-4-14(5-7-17)13(3)16/h12-15H,4-11H2,1-3H3. The summed E-state index contributed by atoms with van der Waals surface area (Å²) < 4.78 is 5.93. The van der Waals surface area contributed by atoms with Crippen molar-refractivity contribution in [1.29, 1.82) is 0 Å². The summed E-state index contributed by atoms with van der Waals surface area (Å²) >= 11 is 6.20. The molecular weight excluding hydrogens is 260 g/mol. The third-order valence-electron chi connectivity index (χ3n) is 4.64. The third-order valence-corrected chi connectivity index (χ3v) is 5.00. The van der Waals surface area contributed by atoms with Crippen molar-refractivity contribution in [3.05, 3.63) is 0 Å². The van der Waals surface area contributed by atoms with E-state index in [1.165, 1.54) is 25.9 Å². The highest BCUT2D eigenvalue weighted by Gasteiger charge is 2.27. The number of halogens is 1. The zero-order valence-electron chi connectivity index (χ0n) is 12.6. The fraction of sp³-hybridized carbons (Fsp3) is 1.00. The topological polar surface area (TPSA) is 15.7 Å². The lowest BCUT2D eigenvalue weighted by Crippen LogP contribution is -2.51. The van der Waals surface area contributed by atoms with Crippen LogP contribution in [-0.2, 0) is 4.74 Å². The molecule has 2 heterocycles. The van der Waals surface area contributed by atoms with Gasteiger partial charge in [-0.05, 0) is 52.6 Å². The first-order valence-electron chi connectivity index (χ1n) is 7.78. The van der Waals surface area contributed by atoms with Crippen LogP contribution in [0.15, 0.2) is 0 Å². The lowest BCUT2D eigenvalue weighted by molar-refractivity contribution is -0.0551. The van der Waals surface area contributed by atoms with E-state index in [9.17, 15) is 0 Å². The molecule has 0 aromatic carbocycles. The van der Waals surface area contributed by atoms with Crippen molar-refractivity contribution in [2.24, 2.45) is 5.92 Å². The first-order chi connectivity index (χ1) is 9.06. The molecule has 0 bridgehead atoms. The number of morpholine rings is 1. The minimum atomic E-state index is 0.324. The van der Waals surface area contributed by atoms with Gasteiger partial charge in [-0.2, -0.15) is 0 Å². The Morgan fingerprint density at radius 1 is 1.16 bits per heavy atom. The predicted octanol–water partition coefficient (Wildman–Crippen LogP) is 2.43. The van der Waals surface area contributed by atoms with Crippen molar-refractivity contribution in [3.8, 4) is 0 Å². The SMILES string of the molecule is CC(Cl)C1CCN(CC2CN(C(C)C)CCO2)CC1. The summed E-state index contributed by atoms with van der Waals surface area (Å²) in [5.41, 5.74) is 0. The molecule has 3 nitrogen and oxygen atoms in total. The van der Waals surface area contributed by atoms with E-state index in [0.29, 0.717) is 23.4 Å². The maximum Gasteiger partial charge on any atom is 0.0829 e. The number of hydrogen-bond donors (Lipinski definition) is 0. The molecule has 0 spiro atoms. The molecule has 0 aromatic rings. The molecule has 0 aromatic heterocycles. The zero-order chi connectivity index (χ0) is 13.8. The van der Waals surface area contributed by atoms with E-state index in [2.05, 4.69) is 30.6 Å². The summed E-state index contributed by atoms with van der Waals surface area (Å²) in [6.45, 7) is 13.2. The van der Waals surface area contributed by atoms with Crippen LogP contribution in [0.4, 0.5) is 0 Å². The van der Waals surface area contributed by atoms with E-state index in [1.807, 2.05) is 0 Å².